The molecule has 1 rings (SSSR count). The van der Waals surface area contributed by atoms with E-state index >= 15 is 0 Å². The van der Waals surface area contributed by atoms with Gasteiger partial charge in [-0.15, -0.1) is 0 Å². The van der Waals surface area contributed by atoms with Crippen molar-refractivity contribution in [2.75, 3.05) is 13.6 Å². The molecule has 0 aromatic rings. The minimum atomic E-state index is -0.969. The monoisotopic (exact) mass is 257 g/mol. The van der Waals surface area contributed by atoms with Gasteiger partial charge in [0.05, 0.1) is 11.5 Å². The molecule has 0 heterocycles. The summed E-state index contributed by atoms with van der Waals surface area (Å²) < 4.78 is 0. The lowest BCUT2D eigenvalue weighted by Crippen LogP contribution is -2.45. The first-order chi connectivity index (χ1) is 8.27. The van der Waals surface area contributed by atoms with Gasteiger partial charge in [-0.05, 0) is 12.8 Å². The fourth-order valence-corrected chi connectivity index (χ4v) is 2.49. The van der Waals surface area contributed by atoms with Gasteiger partial charge in [-0.3, -0.25) is 9.59 Å². The Labute approximate surface area is 108 Å². The molecule has 2 atom stereocenters. The van der Waals surface area contributed by atoms with Crippen LogP contribution in [-0.4, -0.2) is 46.2 Å². The Balaban J connectivity index is 2.58. The first kappa shape index (κ1) is 15.0. The quantitative estimate of drug-likeness (QED) is 0.773. The van der Waals surface area contributed by atoms with Crippen LogP contribution in [-0.2, 0) is 9.59 Å². The lowest BCUT2D eigenvalue weighted by Gasteiger charge is -2.31. The number of likely N-dealkylation sites (N-methyl/N-ethyl adjacent to an activating group) is 1. The minimum absolute atomic E-state index is 0.217. The van der Waals surface area contributed by atoms with E-state index in [4.69, 9.17) is 5.11 Å². The summed E-state index contributed by atoms with van der Waals surface area (Å²) >= 11 is 0. The topological polar surface area (TPSA) is 77.8 Å². The van der Waals surface area contributed by atoms with Crippen LogP contribution in [0.5, 0.6) is 0 Å². The molecule has 104 valence electrons. The van der Waals surface area contributed by atoms with E-state index in [0.29, 0.717) is 19.4 Å². The van der Waals surface area contributed by atoms with Crippen molar-refractivity contribution in [2.24, 2.45) is 11.8 Å². The highest BCUT2D eigenvalue weighted by Crippen LogP contribution is 2.30. The second kappa shape index (κ2) is 5.69. The molecule has 1 aliphatic rings. The molecule has 0 aliphatic heterocycles. The molecule has 1 aliphatic carbocycles. The highest BCUT2D eigenvalue weighted by Gasteiger charge is 2.35. The van der Waals surface area contributed by atoms with Gasteiger partial charge < -0.3 is 15.1 Å². The third-order valence-electron chi connectivity index (χ3n) is 3.97. The fraction of sp³-hybridized carbons (Fsp3) is 0.846. The minimum Gasteiger partial charge on any atom is -0.481 e. The number of carboxylic acid groups (broad SMARTS) is 1. The maximum atomic E-state index is 12.1. The van der Waals surface area contributed by atoms with E-state index in [1.807, 2.05) is 0 Å². The summed E-state index contributed by atoms with van der Waals surface area (Å²) in [5, 5.41) is 19.1. The highest BCUT2D eigenvalue weighted by atomic mass is 16.4. The van der Waals surface area contributed by atoms with Gasteiger partial charge >= 0.3 is 5.97 Å². The zero-order chi connectivity index (χ0) is 13.9. The average Bonchev–Trinajstić information content (AvgIpc) is 2.72. The summed E-state index contributed by atoms with van der Waals surface area (Å²) in [6.07, 6.45) is 3.40. The van der Waals surface area contributed by atoms with E-state index in [2.05, 4.69) is 0 Å². The molecule has 5 nitrogen and oxygen atoms in total. The molecule has 0 aromatic heterocycles. The van der Waals surface area contributed by atoms with E-state index in [9.17, 15) is 14.7 Å². The van der Waals surface area contributed by atoms with Crippen molar-refractivity contribution in [1.29, 1.82) is 0 Å². The highest BCUT2D eigenvalue weighted by molar-refractivity contribution is 5.84. The van der Waals surface area contributed by atoms with Crippen molar-refractivity contribution in [3.05, 3.63) is 0 Å². The Kier molecular flexibility index (Phi) is 4.73. The second-order valence-corrected chi connectivity index (χ2v) is 5.54. The third-order valence-corrected chi connectivity index (χ3v) is 3.97. The van der Waals surface area contributed by atoms with Crippen LogP contribution in [0, 0.1) is 11.8 Å². The van der Waals surface area contributed by atoms with Crippen LogP contribution in [0.15, 0.2) is 0 Å². The first-order valence-corrected chi connectivity index (χ1v) is 6.47. The predicted octanol–water partition coefficient (Wildman–Crippen LogP) is 1.11. The number of carbonyl (C=O) groups excluding carboxylic acids is 1. The largest absolute Gasteiger partial charge is 0.481 e. The van der Waals surface area contributed by atoms with Crippen molar-refractivity contribution < 1.29 is 19.8 Å². The molecule has 2 unspecified atom stereocenters. The van der Waals surface area contributed by atoms with E-state index in [1.54, 1.807) is 14.0 Å². The van der Waals surface area contributed by atoms with Gasteiger partial charge in [-0.1, -0.05) is 26.7 Å². The van der Waals surface area contributed by atoms with Crippen LogP contribution in [0.3, 0.4) is 0 Å². The van der Waals surface area contributed by atoms with E-state index in [1.165, 1.54) is 11.8 Å². The Morgan fingerprint density at radius 3 is 2.17 bits per heavy atom. The molecule has 1 fully saturated rings. The van der Waals surface area contributed by atoms with Gasteiger partial charge in [0, 0.05) is 19.5 Å². The van der Waals surface area contributed by atoms with Crippen LogP contribution in [0.25, 0.3) is 0 Å². The number of carbonyl (C=O) groups is 2. The molecular weight excluding hydrogens is 234 g/mol. The fourth-order valence-electron chi connectivity index (χ4n) is 2.49. The molecular formula is C13H23NO4. The van der Waals surface area contributed by atoms with E-state index < -0.39 is 23.4 Å². The normalized spacial score (nSPS) is 21.3. The van der Waals surface area contributed by atoms with Crippen molar-refractivity contribution in [3.8, 4) is 0 Å². The number of aliphatic carboxylic acids is 1. The van der Waals surface area contributed by atoms with Crippen LogP contribution < -0.4 is 0 Å². The van der Waals surface area contributed by atoms with E-state index in [0.717, 1.165) is 12.8 Å². The maximum absolute atomic E-state index is 12.1. The van der Waals surface area contributed by atoms with Crippen LogP contribution in [0.1, 0.15) is 39.5 Å². The summed E-state index contributed by atoms with van der Waals surface area (Å²) in [5.41, 5.74) is -0.781. The maximum Gasteiger partial charge on any atom is 0.307 e. The predicted molar refractivity (Wildman–Crippen MR) is 67.0 cm³/mol. The van der Waals surface area contributed by atoms with Crippen LogP contribution >= 0.6 is 0 Å². The van der Waals surface area contributed by atoms with Gasteiger partial charge in [0.2, 0.25) is 5.91 Å². The third kappa shape index (κ3) is 3.45. The molecule has 0 spiro atoms. The second-order valence-electron chi connectivity index (χ2n) is 5.54. The molecule has 0 radical (unpaired) electrons. The summed E-state index contributed by atoms with van der Waals surface area (Å²) in [4.78, 5) is 24.4. The van der Waals surface area contributed by atoms with Crippen LogP contribution in [0.4, 0.5) is 0 Å². The molecule has 0 saturated heterocycles. The lowest BCUT2D eigenvalue weighted by atomic mass is 9.94. The summed E-state index contributed by atoms with van der Waals surface area (Å²) in [7, 11) is 1.63. The molecule has 0 bridgehead atoms. The Morgan fingerprint density at radius 1 is 1.22 bits per heavy atom. The van der Waals surface area contributed by atoms with Crippen molar-refractivity contribution in [3.63, 3.8) is 0 Å². The van der Waals surface area contributed by atoms with Gasteiger partial charge in [0.1, 0.15) is 0 Å². The van der Waals surface area contributed by atoms with E-state index in [-0.39, 0.29) is 5.91 Å². The number of nitrogens with zero attached hydrogens (tertiary/aromatic N) is 1. The summed E-state index contributed by atoms with van der Waals surface area (Å²) in [6.45, 7) is 3.45. The number of amides is 1. The molecule has 1 amide bonds. The van der Waals surface area contributed by atoms with Crippen molar-refractivity contribution in [1.82, 2.24) is 4.90 Å². The molecule has 1 saturated carbocycles. The average molecular weight is 257 g/mol. The summed E-state index contributed by atoms with van der Waals surface area (Å²) in [5.74, 6) is -2.47. The molecule has 2 N–H and O–H groups in total. The molecule has 18 heavy (non-hydrogen) atoms. The van der Waals surface area contributed by atoms with Gasteiger partial charge in [-0.25, -0.2) is 0 Å². The standard InChI is InChI=1S/C13H23NO4/c1-9(10(2)12(16)17)11(15)14(3)8-13(18)6-4-5-7-13/h9-10,18H,4-8H2,1-3H3,(H,16,17). The van der Waals surface area contributed by atoms with Crippen LogP contribution in [0.2, 0.25) is 0 Å². The van der Waals surface area contributed by atoms with Gasteiger partial charge in [0.15, 0.2) is 0 Å². The molecule has 0 aromatic carbocycles. The summed E-state index contributed by atoms with van der Waals surface area (Å²) in [6, 6.07) is 0. The number of rotatable bonds is 5. The SMILES string of the molecule is CC(C(=O)O)C(C)C(=O)N(C)CC1(O)CCCC1. The van der Waals surface area contributed by atoms with Gasteiger partial charge in [-0.2, -0.15) is 0 Å². The van der Waals surface area contributed by atoms with Crippen molar-refractivity contribution >= 4 is 11.9 Å². The zero-order valence-electron chi connectivity index (χ0n) is 11.3. The zero-order valence-corrected chi connectivity index (χ0v) is 11.3. The Bertz CT molecular complexity index is 323. The first-order valence-electron chi connectivity index (χ1n) is 6.47. The smallest absolute Gasteiger partial charge is 0.307 e. The number of aliphatic hydroxyl groups is 1. The van der Waals surface area contributed by atoms with Gasteiger partial charge in [0.25, 0.3) is 0 Å². The lowest BCUT2D eigenvalue weighted by molar-refractivity contribution is -0.149. The number of hydrogen-bond acceptors (Lipinski definition) is 3. The Morgan fingerprint density at radius 2 is 1.72 bits per heavy atom. The molecule has 5 heteroatoms. The Hall–Kier alpha value is -1.10. The number of carboxylic acids is 1. The van der Waals surface area contributed by atoms with Crippen molar-refractivity contribution in [2.45, 2.75) is 45.1 Å². The number of hydrogen-bond donors (Lipinski definition) is 2.